The Morgan fingerprint density at radius 3 is 2.18 bits per heavy atom. The number of ether oxygens (including phenoxy) is 1. The molecule has 6 nitrogen and oxygen atoms in total. The second-order valence-electron chi connectivity index (χ2n) is 6.97. The van der Waals surface area contributed by atoms with Crippen LogP contribution >= 0.6 is 0 Å². The van der Waals surface area contributed by atoms with Gasteiger partial charge in [0.1, 0.15) is 5.75 Å². The van der Waals surface area contributed by atoms with E-state index >= 15 is 0 Å². The fourth-order valence-electron chi connectivity index (χ4n) is 2.94. The number of benzene rings is 3. The van der Waals surface area contributed by atoms with Crippen LogP contribution in [-0.4, -0.2) is 25.0 Å². The summed E-state index contributed by atoms with van der Waals surface area (Å²) in [7, 11) is 0. The Bertz CT molecular complexity index is 1120. The minimum Gasteiger partial charge on any atom is -0.494 e. The molecule has 0 spiro atoms. The minimum absolute atomic E-state index is 0.00532. The maximum absolute atomic E-state index is 12.9. The van der Waals surface area contributed by atoms with E-state index in [1.54, 1.807) is 36.4 Å². The molecule has 3 aromatic rings. The summed E-state index contributed by atoms with van der Waals surface area (Å²) < 4.78 is 43.9. The molecule has 0 heterocycles. The van der Waals surface area contributed by atoms with Crippen molar-refractivity contribution in [3.05, 3.63) is 83.9 Å². The number of amides is 2. The molecule has 2 amide bonds. The van der Waals surface area contributed by atoms with Gasteiger partial charge in [-0.05, 0) is 67.6 Å². The van der Waals surface area contributed by atoms with Crippen molar-refractivity contribution < 1.29 is 27.5 Å². The Morgan fingerprint density at radius 1 is 0.848 bits per heavy atom. The van der Waals surface area contributed by atoms with Crippen LogP contribution in [0.2, 0.25) is 0 Å². The van der Waals surface area contributed by atoms with Crippen LogP contribution in [0.1, 0.15) is 22.8 Å². The fourth-order valence-corrected chi connectivity index (χ4v) is 2.94. The Balaban J connectivity index is 1.57. The molecule has 0 saturated carbocycles. The van der Waals surface area contributed by atoms with Crippen LogP contribution in [0.25, 0.3) is 0 Å². The van der Waals surface area contributed by atoms with Gasteiger partial charge >= 0.3 is 6.18 Å². The Kier molecular flexibility index (Phi) is 7.55. The summed E-state index contributed by atoms with van der Waals surface area (Å²) in [6.45, 7) is 2.45. The predicted octanol–water partition coefficient (Wildman–Crippen LogP) is 5.41. The number of rotatable bonds is 8. The SMILES string of the molecule is CCOc1ccc(NCC(=O)Nc2cccc(C(=O)Nc3cccc(C(F)(F)F)c3)c2)cc1. The highest BCUT2D eigenvalue weighted by molar-refractivity contribution is 6.05. The van der Waals surface area contributed by atoms with E-state index in [0.717, 1.165) is 23.6 Å². The van der Waals surface area contributed by atoms with E-state index in [1.807, 2.05) is 6.92 Å². The Labute approximate surface area is 188 Å². The third-order valence-electron chi connectivity index (χ3n) is 4.47. The van der Waals surface area contributed by atoms with Gasteiger partial charge in [-0.2, -0.15) is 13.2 Å². The minimum atomic E-state index is -4.51. The maximum Gasteiger partial charge on any atom is 0.416 e. The molecule has 3 rings (SSSR count). The van der Waals surface area contributed by atoms with Gasteiger partial charge in [-0.25, -0.2) is 0 Å². The lowest BCUT2D eigenvalue weighted by atomic mass is 10.1. The zero-order valence-corrected chi connectivity index (χ0v) is 17.7. The second-order valence-corrected chi connectivity index (χ2v) is 6.97. The van der Waals surface area contributed by atoms with Gasteiger partial charge in [0.25, 0.3) is 5.91 Å². The van der Waals surface area contributed by atoms with E-state index in [2.05, 4.69) is 16.0 Å². The molecule has 0 saturated heterocycles. The van der Waals surface area contributed by atoms with Crippen LogP contribution < -0.4 is 20.7 Å². The highest BCUT2D eigenvalue weighted by Crippen LogP contribution is 2.30. The molecule has 0 aliphatic rings. The quantitative estimate of drug-likeness (QED) is 0.423. The molecule has 9 heteroatoms. The molecule has 0 aliphatic carbocycles. The summed E-state index contributed by atoms with van der Waals surface area (Å²) in [4.78, 5) is 24.7. The molecule has 3 N–H and O–H groups in total. The first-order chi connectivity index (χ1) is 15.7. The van der Waals surface area contributed by atoms with Gasteiger partial charge in [0.2, 0.25) is 5.91 Å². The van der Waals surface area contributed by atoms with Crippen LogP contribution in [0.15, 0.2) is 72.8 Å². The Morgan fingerprint density at radius 2 is 1.52 bits per heavy atom. The molecule has 0 unspecified atom stereocenters. The third kappa shape index (κ3) is 6.99. The summed E-state index contributed by atoms with van der Waals surface area (Å²) >= 11 is 0. The molecule has 0 atom stereocenters. The van der Waals surface area contributed by atoms with Gasteiger partial charge in [-0.1, -0.05) is 12.1 Å². The number of carbonyl (C=O) groups is 2. The van der Waals surface area contributed by atoms with Crippen LogP contribution in [0.5, 0.6) is 5.75 Å². The number of nitrogens with one attached hydrogen (secondary N) is 3. The summed E-state index contributed by atoms with van der Waals surface area (Å²) in [6, 6.07) is 17.6. The normalized spacial score (nSPS) is 10.9. The smallest absolute Gasteiger partial charge is 0.416 e. The van der Waals surface area contributed by atoms with Gasteiger partial charge in [0.15, 0.2) is 0 Å². The number of hydrogen-bond donors (Lipinski definition) is 3. The van der Waals surface area contributed by atoms with Crippen molar-refractivity contribution in [1.82, 2.24) is 0 Å². The maximum atomic E-state index is 12.9. The molecule has 172 valence electrons. The van der Waals surface area contributed by atoms with E-state index in [9.17, 15) is 22.8 Å². The van der Waals surface area contributed by atoms with Gasteiger partial charge in [0.05, 0.1) is 18.7 Å². The van der Waals surface area contributed by atoms with Crippen molar-refractivity contribution in [3.8, 4) is 5.75 Å². The summed E-state index contributed by atoms with van der Waals surface area (Å²) in [5, 5.41) is 8.10. The molecule has 3 aromatic carbocycles. The lowest BCUT2D eigenvalue weighted by Crippen LogP contribution is -2.22. The summed E-state index contributed by atoms with van der Waals surface area (Å²) in [5.41, 5.74) is 0.461. The van der Waals surface area contributed by atoms with E-state index in [-0.39, 0.29) is 23.7 Å². The van der Waals surface area contributed by atoms with Crippen molar-refractivity contribution in [3.63, 3.8) is 0 Å². The van der Waals surface area contributed by atoms with Crippen molar-refractivity contribution in [2.45, 2.75) is 13.1 Å². The molecule has 0 bridgehead atoms. The molecule has 0 fully saturated rings. The lowest BCUT2D eigenvalue weighted by Gasteiger charge is -2.11. The highest BCUT2D eigenvalue weighted by Gasteiger charge is 2.30. The monoisotopic (exact) mass is 457 g/mol. The van der Waals surface area contributed by atoms with Gasteiger partial charge in [-0.3, -0.25) is 9.59 Å². The standard InChI is InChI=1S/C24H22F3N3O3/c1-2-33-21-11-9-18(10-12-21)28-15-22(31)29-19-7-3-5-16(13-19)23(32)30-20-8-4-6-17(14-20)24(25,26)27/h3-14,28H,2,15H2,1H3,(H,29,31)(H,30,32). The zero-order chi connectivity index (χ0) is 23.8. The summed E-state index contributed by atoms with van der Waals surface area (Å²) in [5.74, 6) is -0.204. The van der Waals surface area contributed by atoms with Gasteiger partial charge in [-0.15, -0.1) is 0 Å². The first kappa shape index (κ1) is 23.6. The largest absolute Gasteiger partial charge is 0.494 e. The first-order valence-corrected chi connectivity index (χ1v) is 10.1. The third-order valence-corrected chi connectivity index (χ3v) is 4.47. The highest BCUT2D eigenvalue weighted by atomic mass is 19.4. The predicted molar refractivity (Wildman–Crippen MR) is 121 cm³/mol. The van der Waals surface area contributed by atoms with Crippen molar-refractivity contribution in [2.75, 3.05) is 29.1 Å². The number of hydrogen-bond acceptors (Lipinski definition) is 4. The van der Waals surface area contributed by atoms with Gasteiger partial charge < -0.3 is 20.7 Å². The Hall–Kier alpha value is -4.01. The molecule has 0 aliphatic heterocycles. The molecular weight excluding hydrogens is 435 g/mol. The number of halogens is 3. The van der Waals surface area contributed by atoms with Crippen LogP contribution in [-0.2, 0) is 11.0 Å². The average Bonchev–Trinajstić information content (AvgIpc) is 2.78. The average molecular weight is 457 g/mol. The van der Waals surface area contributed by atoms with Gasteiger partial charge in [0, 0.05) is 22.6 Å². The van der Waals surface area contributed by atoms with E-state index < -0.39 is 17.6 Å². The van der Waals surface area contributed by atoms with Crippen molar-refractivity contribution >= 4 is 28.9 Å². The zero-order valence-electron chi connectivity index (χ0n) is 17.7. The topological polar surface area (TPSA) is 79.5 Å². The van der Waals surface area contributed by atoms with Crippen LogP contribution in [0, 0.1) is 0 Å². The fraction of sp³-hybridized carbons (Fsp3) is 0.167. The van der Waals surface area contributed by atoms with E-state index in [4.69, 9.17) is 4.74 Å². The van der Waals surface area contributed by atoms with Crippen LogP contribution in [0.3, 0.4) is 0 Å². The number of anilines is 3. The number of alkyl halides is 3. The van der Waals surface area contributed by atoms with E-state index in [0.29, 0.717) is 12.3 Å². The second kappa shape index (κ2) is 10.5. The van der Waals surface area contributed by atoms with Crippen molar-refractivity contribution in [1.29, 1.82) is 0 Å². The molecule has 33 heavy (non-hydrogen) atoms. The van der Waals surface area contributed by atoms with Crippen LogP contribution in [0.4, 0.5) is 30.2 Å². The molecule has 0 radical (unpaired) electrons. The van der Waals surface area contributed by atoms with E-state index in [1.165, 1.54) is 24.3 Å². The summed E-state index contributed by atoms with van der Waals surface area (Å²) in [6.07, 6.45) is -4.51. The molecular formula is C24H22F3N3O3. The number of carbonyl (C=O) groups excluding carboxylic acids is 2. The molecule has 0 aromatic heterocycles. The lowest BCUT2D eigenvalue weighted by molar-refractivity contribution is -0.137. The first-order valence-electron chi connectivity index (χ1n) is 10.1. The van der Waals surface area contributed by atoms with Crippen molar-refractivity contribution in [2.24, 2.45) is 0 Å².